The highest BCUT2D eigenvalue weighted by Gasteiger charge is 2.04. The molecule has 3 aromatic rings. The maximum absolute atomic E-state index is 4.52. The fraction of sp³-hybridized carbons (Fsp3) is 0.167. The Morgan fingerprint density at radius 1 is 1.35 bits per heavy atom. The number of nitrogens with one attached hydrogen (secondary N) is 2. The van der Waals surface area contributed by atoms with Gasteiger partial charge in [0.1, 0.15) is 0 Å². The molecule has 0 saturated carbocycles. The van der Waals surface area contributed by atoms with Crippen LogP contribution in [0.1, 0.15) is 11.3 Å². The third-order valence-electron chi connectivity index (χ3n) is 2.66. The normalized spacial score (nSPS) is 10.9. The van der Waals surface area contributed by atoms with Crippen molar-refractivity contribution < 1.29 is 0 Å². The highest BCUT2D eigenvalue weighted by atomic mass is 32.1. The van der Waals surface area contributed by atoms with E-state index >= 15 is 0 Å². The summed E-state index contributed by atoms with van der Waals surface area (Å²) in [6.07, 6.45) is 1.84. The Morgan fingerprint density at radius 3 is 3.00 bits per heavy atom. The Hall–Kier alpha value is -1.88. The summed E-state index contributed by atoms with van der Waals surface area (Å²) in [4.78, 5) is 4.52. The molecular formula is C12H12N4S. The number of aromatic nitrogens is 3. The van der Waals surface area contributed by atoms with Gasteiger partial charge in [-0.2, -0.15) is 5.10 Å². The fourth-order valence-electron chi connectivity index (χ4n) is 1.67. The topological polar surface area (TPSA) is 53.6 Å². The number of aryl methyl sites for hydroxylation is 1. The second-order valence-corrected chi connectivity index (χ2v) is 4.89. The largest absolute Gasteiger partial charge is 0.357 e. The van der Waals surface area contributed by atoms with E-state index in [-0.39, 0.29) is 0 Å². The second-order valence-electron chi connectivity index (χ2n) is 3.86. The van der Waals surface area contributed by atoms with Gasteiger partial charge < -0.3 is 5.32 Å². The molecule has 0 bridgehead atoms. The van der Waals surface area contributed by atoms with Crippen LogP contribution in [0, 0.1) is 6.92 Å². The van der Waals surface area contributed by atoms with E-state index in [1.165, 1.54) is 10.3 Å². The van der Waals surface area contributed by atoms with Crippen LogP contribution < -0.4 is 5.32 Å². The van der Waals surface area contributed by atoms with E-state index in [9.17, 15) is 0 Å². The van der Waals surface area contributed by atoms with E-state index in [2.05, 4.69) is 26.6 Å². The van der Waals surface area contributed by atoms with Crippen LogP contribution in [0.3, 0.4) is 0 Å². The number of aromatic amines is 1. The summed E-state index contributed by atoms with van der Waals surface area (Å²) in [5.41, 5.74) is 3.31. The Morgan fingerprint density at radius 2 is 2.24 bits per heavy atom. The molecule has 0 aliphatic heterocycles. The van der Waals surface area contributed by atoms with E-state index in [4.69, 9.17) is 0 Å². The minimum absolute atomic E-state index is 0.752. The lowest BCUT2D eigenvalue weighted by molar-refractivity contribution is 1.04. The molecule has 0 saturated heterocycles. The number of thiazole rings is 1. The van der Waals surface area contributed by atoms with Gasteiger partial charge in [-0.05, 0) is 19.1 Å². The number of anilines is 1. The van der Waals surface area contributed by atoms with Crippen LogP contribution in [-0.2, 0) is 6.54 Å². The molecule has 0 fully saturated rings. The maximum atomic E-state index is 4.52. The summed E-state index contributed by atoms with van der Waals surface area (Å²) in [6, 6.07) is 8.15. The molecule has 0 spiro atoms. The van der Waals surface area contributed by atoms with Crippen molar-refractivity contribution in [2.45, 2.75) is 13.5 Å². The molecule has 4 nitrogen and oxygen atoms in total. The van der Waals surface area contributed by atoms with Gasteiger partial charge in [0.15, 0.2) is 5.13 Å². The Bertz CT molecular complexity index is 608. The molecule has 1 aromatic carbocycles. The molecule has 0 amide bonds. The van der Waals surface area contributed by atoms with Gasteiger partial charge in [-0.3, -0.25) is 5.10 Å². The first kappa shape index (κ1) is 10.3. The van der Waals surface area contributed by atoms with E-state index in [0.717, 1.165) is 22.9 Å². The Kier molecular flexibility index (Phi) is 2.53. The summed E-state index contributed by atoms with van der Waals surface area (Å²) in [5.74, 6) is 0. The van der Waals surface area contributed by atoms with Crippen molar-refractivity contribution in [3.8, 4) is 0 Å². The Balaban J connectivity index is 1.79. The molecule has 3 rings (SSSR count). The number of hydrogen-bond donors (Lipinski definition) is 2. The van der Waals surface area contributed by atoms with Gasteiger partial charge >= 0.3 is 0 Å². The number of hydrogen-bond acceptors (Lipinski definition) is 4. The van der Waals surface area contributed by atoms with Crippen molar-refractivity contribution in [3.63, 3.8) is 0 Å². The molecule has 2 aromatic heterocycles. The average molecular weight is 244 g/mol. The van der Waals surface area contributed by atoms with Gasteiger partial charge in [0.05, 0.1) is 16.4 Å². The molecule has 86 valence electrons. The van der Waals surface area contributed by atoms with Gasteiger partial charge in [0, 0.05) is 17.8 Å². The quantitative estimate of drug-likeness (QED) is 0.744. The monoisotopic (exact) mass is 244 g/mol. The molecule has 0 radical (unpaired) electrons. The van der Waals surface area contributed by atoms with Gasteiger partial charge in [-0.25, -0.2) is 4.98 Å². The lowest BCUT2D eigenvalue weighted by Crippen LogP contribution is -1.98. The zero-order valence-corrected chi connectivity index (χ0v) is 10.2. The number of H-pyrrole nitrogens is 1. The first-order valence-corrected chi connectivity index (χ1v) is 6.23. The molecule has 0 unspecified atom stereocenters. The number of nitrogens with zero attached hydrogens (tertiary/aromatic N) is 2. The standard InChI is InChI=1S/C12H12N4S/c1-8-9(7-14-16-8)6-13-12-15-10-4-2-3-5-11(10)17-12/h2-5,7H,6H2,1H3,(H,13,15)(H,14,16). The molecule has 0 aliphatic carbocycles. The summed E-state index contributed by atoms with van der Waals surface area (Å²) >= 11 is 1.67. The lowest BCUT2D eigenvalue weighted by atomic mass is 10.3. The highest BCUT2D eigenvalue weighted by Crippen LogP contribution is 2.25. The number of fused-ring (bicyclic) bond motifs is 1. The third-order valence-corrected chi connectivity index (χ3v) is 3.65. The predicted molar refractivity (Wildman–Crippen MR) is 70.3 cm³/mol. The molecule has 5 heteroatoms. The molecular weight excluding hydrogens is 232 g/mol. The van der Waals surface area contributed by atoms with Crippen LogP contribution in [0.5, 0.6) is 0 Å². The van der Waals surface area contributed by atoms with Crippen LogP contribution in [0.2, 0.25) is 0 Å². The molecule has 0 atom stereocenters. The van der Waals surface area contributed by atoms with E-state index in [1.807, 2.05) is 31.3 Å². The maximum Gasteiger partial charge on any atom is 0.184 e. The fourth-order valence-corrected chi connectivity index (χ4v) is 2.53. The smallest absolute Gasteiger partial charge is 0.184 e. The van der Waals surface area contributed by atoms with Crippen LogP contribution >= 0.6 is 11.3 Å². The average Bonchev–Trinajstić information content (AvgIpc) is 2.92. The zero-order valence-electron chi connectivity index (χ0n) is 9.40. The zero-order chi connectivity index (χ0) is 11.7. The summed E-state index contributed by atoms with van der Waals surface area (Å²) in [6.45, 7) is 2.77. The summed E-state index contributed by atoms with van der Waals surface area (Å²) < 4.78 is 1.21. The van der Waals surface area contributed by atoms with Crippen LogP contribution in [0.25, 0.3) is 10.2 Å². The van der Waals surface area contributed by atoms with E-state index < -0.39 is 0 Å². The summed E-state index contributed by atoms with van der Waals surface area (Å²) in [5, 5.41) is 11.2. The molecule has 2 heterocycles. The van der Waals surface area contributed by atoms with Gasteiger partial charge in [-0.15, -0.1) is 0 Å². The third kappa shape index (κ3) is 2.01. The van der Waals surface area contributed by atoms with Crippen LogP contribution in [0.15, 0.2) is 30.5 Å². The first-order chi connectivity index (χ1) is 8.33. The van der Waals surface area contributed by atoms with Crippen LogP contribution in [0.4, 0.5) is 5.13 Å². The van der Waals surface area contributed by atoms with E-state index in [0.29, 0.717) is 0 Å². The van der Waals surface area contributed by atoms with Gasteiger partial charge in [-0.1, -0.05) is 23.5 Å². The molecule has 0 aliphatic rings. The Labute approximate surface area is 103 Å². The lowest BCUT2D eigenvalue weighted by Gasteiger charge is -2.00. The number of para-hydroxylation sites is 1. The second kappa shape index (κ2) is 4.18. The highest BCUT2D eigenvalue weighted by molar-refractivity contribution is 7.22. The number of rotatable bonds is 3. The van der Waals surface area contributed by atoms with Crippen molar-refractivity contribution in [2.75, 3.05) is 5.32 Å². The predicted octanol–water partition coefficient (Wildman–Crippen LogP) is 2.94. The van der Waals surface area contributed by atoms with Crippen molar-refractivity contribution in [1.29, 1.82) is 0 Å². The van der Waals surface area contributed by atoms with Gasteiger partial charge in [0.2, 0.25) is 0 Å². The van der Waals surface area contributed by atoms with Crippen molar-refractivity contribution in [1.82, 2.24) is 15.2 Å². The van der Waals surface area contributed by atoms with Crippen molar-refractivity contribution in [2.24, 2.45) is 0 Å². The SMILES string of the molecule is Cc1[nH]ncc1CNc1nc2ccccc2s1. The first-order valence-electron chi connectivity index (χ1n) is 5.41. The van der Waals surface area contributed by atoms with Crippen LogP contribution in [-0.4, -0.2) is 15.2 Å². The summed E-state index contributed by atoms with van der Waals surface area (Å²) in [7, 11) is 0. The molecule has 17 heavy (non-hydrogen) atoms. The minimum Gasteiger partial charge on any atom is -0.357 e. The number of benzene rings is 1. The van der Waals surface area contributed by atoms with Crippen molar-refractivity contribution >= 4 is 26.7 Å². The molecule has 2 N–H and O–H groups in total. The van der Waals surface area contributed by atoms with Crippen molar-refractivity contribution in [3.05, 3.63) is 41.7 Å². The van der Waals surface area contributed by atoms with E-state index in [1.54, 1.807) is 11.3 Å². The van der Waals surface area contributed by atoms with Gasteiger partial charge in [0.25, 0.3) is 0 Å². The minimum atomic E-state index is 0.752.